The van der Waals surface area contributed by atoms with Crippen molar-refractivity contribution in [3.63, 3.8) is 0 Å². The van der Waals surface area contributed by atoms with Crippen LogP contribution in [0, 0.1) is 6.92 Å². The van der Waals surface area contributed by atoms with Crippen LogP contribution in [0.25, 0.3) is 11.0 Å². The molecular weight excluding hydrogens is 322 g/mol. The highest BCUT2D eigenvalue weighted by atomic mass is 16.5. The lowest BCUT2D eigenvalue weighted by atomic mass is 10.1. The van der Waals surface area contributed by atoms with Crippen molar-refractivity contribution >= 4 is 22.7 Å². The Morgan fingerprint density at radius 1 is 1.16 bits per heavy atom. The first-order chi connectivity index (χ1) is 12.1. The zero-order valence-corrected chi connectivity index (χ0v) is 14.3. The number of carbonyl (C=O) groups is 1. The number of hydrogen-bond acceptors (Lipinski definition) is 5. The van der Waals surface area contributed by atoms with E-state index in [1.165, 1.54) is 7.11 Å². The van der Waals surface area contributed by atoms with Crippen molar-refractivity contribution in [2.24, 2.45) is 0 Å². The minimum atomic E-state index is -0.368. The molecule has 0 aliphatic rings. The molecule has 0 radical (unpaired) electrons. The summed E-state index contributed by atoms with van der Waals surface area (Å²) in [5.41, 5.74) is 3.02. The maximum Gasteiger partial charge on any atom is 0.319 e. The van der Waals surface area contributed by atoms with E-state index in [0.717, 1.165) is 10.9 Å². The van der Waals surface area contributed by atoms with Crippen LogP contribution in [-0.4, -0.2) is 25.4 Å². The normalized spacial score (nSPS) is 10.5. The van der Waals surface area contributed by atoms with Gasteiger partial charge < -0.3 is 24.6 Å². The number of aryl methyl sites for hydroxylation is 1. The molecule has 0 bridgehead atoms. The molecule has 7 nitrogen and oxygen atoms in total. The zero-order chi connectivity index (χ0) is 17.8. The number of rotatable bonds is 5. The first-order valence-corrected chi connectivity index (χ1v) is 7.72. The molecule has 1 heterocycles. The van der Waals surface area contributed by atoms with Crippen LogP contribution in [0.1, 0.15) is 11.3 Å². The lowest BCUT2D eigenvalue weighted by Gasteiger charge is -2.12. The molecule has 0 saturated carbocycles. The highest BCUT2D eigenvalue weighted by molar-refractivity contribution is 5.91. The highest BCUT2D eigenvalue weighted by Crippen LogP contribution is 2.29. The van der Waals surface area contributed by atoms with Gasteiger partial charge in [-0.3, -0.25) is 0 Å². The van der Waals surface area contributed by atoms with Gasteiger partial charge >= 0.3 is 6.03 Å². The molecule has 3 aromatic rings. The van der Waals surface area contributed by atoms with E-state index in [2.05, 4.69) is 15.8 Å². The number of methoxy groups -OCH3 is 2. The van der Waals surface area contributed by atoms with E-state index in [9.17, 15) is 4.79 Å². The Bertz CT molecular complexity index is 904. The van der Waals surface area contributed by atoms with Crippen LogP contribution in [-0.2, 0) is 6.54 Å². The van der Waals surface area contributed by atoms with Crippen molar-refractivity contribution in [2.75, 3.05) is 19.5 Å². The van der Waals surface area contributed by atoms with Gasteiger partial charge in [0.05, 0.1) is 26.5 Å². The van der Waals surface area contributed by atoms with Gasteiger partial charge in [-0.15, -0.1) is 0 Å². The van der Waals surface area contributed by atoms with Crippen LogP contribution in [0.3, 0.4) is 0 Å². The van der Waals surface area contributed by atoms with Gasteiger partial charge in [-0.25, -0.2) is 4.79 Å². The molecule has 25 heavy (non-hydrogen) atoms. The maximum absolute atomic E-state index is 12.2. The minimum Gasteiger partial charge on any atom is -0.497 e. The Morgan fingerprint density at radius 2 is 2.00 bits per heavy atom. The summed E-state index contributed by atoms with van der Waals surface area (Å²) in [6.07, 6.45) is 0. The molecule has 2 aromatic carbocycles. The third-order valence-corrected chi connectivity index (χ3v) is 3.77. The van der Waals surface area contributed by atoms with Crippen LogP contribution < -0.4 is 20.1 Å². The van der Waals surface area contributed by atoms with Crippen molar-refractivity contribution in [3.05, 3.63) is 47.7 Å². The maximum atomic E-state index is 12.2. The fourth-order valence-corrected chi connectivity index (χ4v) is 2.46. The number of ether oxygens (including phenoxy) is 2. The molecule has 0 aliphatic carbocycles. The van der Waals surface area contributed by atoms with Gasteiger partial charge in [0.15, 0.2) is 5.58 Å². The first-order valence-electron chi connectivity index (χ1n) is 7.72. The molecule has 2 amide bonds. The molecule has 0 atom stereocenters. The summed E-state index contributed by atoms with van der Waals surface area (Å²) in [6, 6.07) is 10.6. The van der Waals surface area contributed by atoms with E-state index in [1.807, 2.05) is 25.1 Å². The van der Waals surface area contributed by atoms with E-state index in [0.29, 0.717) is 28.5 Å². The van der Waals surface area contributed by atoms with Crippen LogP contribution in [0.4, 0.5) is 10.5 Å². The molecule has 0 saturated heterocycles. The minimum absolute atomic E-state index is 0.251. The van der Waals surface area contributed by atoms with Crippen molar-refractivity contribution in [1.82, 2.24) is 10.5 Å². The molecule has 0 spiro atoms. The predicted octanol–water partition coefficient (Wildman–Crippen LogP) is 3.48. The smallest absolute Gasteiger partial charge is 0.319 e. The number of carbonyl (C=O) groups excluding carboxylic acids is 1. The molecule has 0 unspecified atom stereocenters. The van der Waals surface area contributed by atoms with Crippen LogP contribution in [0.2, 0.25) is 0 Å². The molecule has 1 aromatic heterocycles. The average Bonchev–Trinajstić information content (AvgIpc) is 3.02. The van der Waals surface area contributed by atoms with Gasteiger partial charge in [-0.05, 0) is 31.2 Å². The zero-order valence-electron chi connectivity index (χ0n) is 14.3. The topological polar surface area (TPSA) is 85.6 Å². The Morgan fingerprint density at radius 3 is 2.76 bits per heavy atom. The molecule has 130 valence electrons. The van der Waals surface area contributed by atoms with E-state index < -0.39 is 0 Å². The fourth-order valence-electron chi connectivity index (χ4n) is 2.46. The summed E-state index contributed by atoms with van der Waals surface area (Å²) in [7, 11) is 3.10. The SMILES string of the molecule is COc1ccc(NC(=O)NCc2noc3ccc(C)cc23)c(OC)c1. The summed E-state index contributed by atoms with van der Waals surface area (Å²) < 4.78 is 15.7. The van der Waals surface area contributed by atoms with Gasteiger partial charge in [0.25, 0.3) is 0 Å². The third kappa shape index (κ3) is 3.65. The standard InChI is InChI=1S/C18H19N3O4/c1-11-4-7-16-13(8-11)15(21-25-16)10-19-18(22)20-14-6-5-12(23-2)9-17(14)24-3/h4-9H,10H2,1-3H3,(H2,19,20,22). The molecular formula is C18H19N3O4. The second-order valence-electron chi connectivity index (χ2n) is 5.50. The molecule has 7 heteroatoms. The Kier molecular flexibility index (Phi) is 4.74. The van der Waals surface area contributed by atoms with Gasteiger partial charge in [-0.2, -0.15) is 0 Å². The Balaban J connectivity index is 1.67. The van der Waals surface area contributed by atoms with E-state index in [1.54, 1.807) is 25.3 Å². The summed E-state index contributed by atoms with van der Waals surface area (Å²) in [5, 5.41) is 10.4. The number of benzene rings is 2. The number of amides is 2. The fraction of sp³-hybridized carbons (Fsp3) is 0.222. The Labute approximate surface area is 144 Å². The van der Waals surface area contributed by atoms with Crippen molar-refractivity contribution in [2.45, 2.75) is 13.5 Å². The number of aromatic nitrogens is 1. The highest BCUT2D eigenvalue weighted by Gasteiger charge is 2.12. The van der Waals surface area contributed by atoms with Gasteiger partial charge in [0.2, 0.25) is 0 Å². The van der Waals surface area contributed by atoms with Crippen molar-refractivity contribution in [3.8, 4) is 11.5 Å². The van der Waals surface area contributed by atoms with Crippen LogP contribution in [0.5, 0.6) is 11.5 Å². The summed E-state index contributed by atoms with van der Waals surface area (Å²) in [4.78, 5) is 12.2. The lowest BCUT2D eigenvalue weighted by molar-refractivity contribution is 0.251. The van der Waals surface area contributed by atoms with Crippen LogP contribution in [0.15, 0.2) is 40.9 Å². The molecule has 0 aliphatic heterocycles. The number of anilines is 1. The summed E-state index contributed by atoms with van der Waals surface area (Å²) in [5.74, 6) is 1.16. The monoisotopic (exact) mass is 341 g/mol. The van der Waals surface area contributed by atoms with Crippen molar-refractivity contribution < 1.29 is 18.8 Å². The number of nitrogens with one attached hydrogen (secondary N) is 2. The Hall–Kier alpha value is -3.22. The summed E-state index contributed by atoms with van der Waals surface area (Å²) in [6.45, 7) is 2.24. The van der Waals surface area contributed by atoms with Gasteiger partial charge in [-0.1, -0.05) is 16.8 Å². The third-order valence-electron chi connectivity index (χ3n) is 3.77. The van der Waals surface area contributed by atoms with E-state index >= 15 is 0 Å². The largest absolute Gasteiger partial charge is 0.497 e. The second-order valence-corrected chi connectivity index (χ2v) is 5.50. The number of fused-ring (bicyclic) bond motifs is 1. The quantitative estimate of drug-likeness (QED) is 0.742. The van der Waals surface area contributed by atoms with Gasteiger partial charge in [0.1, 0.15) is 17.2 Å². The number of urea groups is 1. The number of nitrogens with zero attached hydrogens (tertiary/aromatic N) is 1. The average molecular weight is 341 g/mol. The first kappa shape index (κ1) is 16.6. The molecule has 2 N–H and O–H groups in total. The number of hydrogen-bond donors (Lipinski definition) is 2. The van der Waals surface area contributed by atoms with Gasteiger partial charge in [0, 0.05) is 11.5 Å². The predicted molar refractivity (Wildman–Crippen MR) is 94.2 cm³/mol. The molecule has 3 rings (SSSR count). The van der Waals surface area contributed by atoms with E-state index in [-0.39, 0.29) is 12.6 Å². The summed E-state index contributed by atoms with van der Waals surface area (Å²) >= 11 is 0. The molecule has 0 fully saturated rings. The second kappa shape index (κ2) is 7.12. The van der Waals surface area contributed by atoms with E-state index in [4.69, 9.17) is 14.0 Å². The van der Waals surface area contributed by atoms with Crippen molar-refractivity contribution in [1.29, 1.82) is 0 Å². The lowest BCUT2D eigenvalue weighted by Crippen LogP contribution is -2.28. The van der Waals surface area contributed by atoms with Crippen LogP contribution >= 0.6 is 0 Å².